The Balaban J connectivity index is 1.66. The summed E-state index contributed by atoms with van der Waals surface area (Å²) in [5.74, 6) is 1.10. The van der Waals surface area contributed by atoms with Gasteiger partial charge < -0.3 is 0 Å². The summed E-state index contributed by atoms with van der Waals surface area (Å²) in [6, 6.07) is 0.425. The third-order valence-electron chi connectivity index (χ3n) is 3.75. The van der Waals surface area contributed by atoms with Gasteiger partial charge in [0.15, 0.2) is 0 Å². The van der Waals surface area contributed by atoms with Gasteiger partial charge in [-0.2, -0.15) is 5.10 Å². The van der Waals surface area contributed by atoms with E-state index in [1.165, 1.54) is 25.7 Å². The SMILES string of the molecule is O=C1CC(CC2CC2)=NN1C1CCCC1. The molecule has 0 atom stereocenters. The normalized spacial score (nSPS) is 27.6. The number of hydrogen-bond donors (Lipinski definition) is 0. The summed E-state index contributed by atoms with van der Waals surface area (Å²) in [7, 11) is 0. The van der Waals surface area contributed by atoms with Gasteiger partial charge in [0.25, 0.3) is 0 Å². The first-order valence-corrected chi connectivity index (χ1v) is 6.21. The van der Waals surface area contributed by atoms with Crippen molar-refractivity contribution in [1.29, 1.82) is 0 Å². The average molecular weight is 206 g/mol. The standard InChI is InChI=1S/C12H18N2O/c15-12-8-10(7-9-5-6-9)13-14(12)11-3-1-2-4-11/h9,11H,1-8H2. The van der Waals surface area contributed by atoms with E-state index in [1.807, 2.05) is 0 Å². The molecule has 1 aliphatic heterocycles. The van der Waals surface area contributed by atoms with Crippen LogP contribution in [0.1, 0.15) is 51.4 Å². The van der Waals surface area contributed by atoms with Gasteiger partial charge in [-0.15, -0.1) is 0 Å². The quantitative estimate of drug-likeness (QED) is 0.697. The highest BCUT2D eigenvalue weighted by Crippen LogP contribution is 2.35. The lowest BCUT2D eigenvalue weighted by atomic mass is 10.1. The zero-order valence-electron chi connectivity index (χ0n) is 9.11. The van der Waals surface area contributed by atoms with Crippen molar-refractivity contribution in [3.63, 3.8) is 0 Å². The fourth-order valence-corrected chi connectivity index (χ4v) is 2.70. The molecule has 0 aromatic heterocycles. The fourth-order valence-electron chi connectivity index (χ4n) is 2.70. The second-order valence-electron chi connectivity index (χ2n) is 5.17. The topological polar surface area (TPSA) is 32.7 Å². The minimum atomic E-state index is 0.248. The zero-order valence-corrected chi connectivity index (χ0v) is 9.11. The second kappa shape index (κ2) is 3.62. The van der Waals surface area contributed by atoms with E-state index in [9.17, 15) is 4.79 Å². The molecule has 2 saturated carbocycles. The van der Waals surface area contributed by atoms with Crippen molar-refractivity contribution in [2.45, 2.75) is 57.4 Å². The van der Waals surface area contributed by atoms with E-state index in [0.717, 1.165) is 30.9 Å². The molecular weight excluding hydrogens is 188 g/mol. The highest BCUT2D eigenvalue weighted by Gasteiger charge is 2.34. The molecule has 3 rings (SSSR count). The number of rotatable bonds is 3. The Kier molecular flexibility index (Phi) is 2.26. The summed E-state index contributed by atoms with van der Waals surface area (Å²) >= 11 is 0. The first-order chi connectivity index (χ1) is 7.33. The van der Waals surface area contributed by atoms with Crippen LogP contribution in [-0.4, -0.2) is 22.7 Å². The van der Waals surface area contributed by atoms with Crippen LogP contribution in [-0.2, 0) is 4.79 Å². The lowest BCUT2D eigenvalue weighted by Crippen LogP contribution is -2.30. The van der Waals surface area contributed by atoms with Gasteiger partial charge in [-0.1, -0.05) is 12.8 Å². The number of hydrazone groups is 1. The number of nitrogens with zero attached hydrogens (tertiary/aromatic N) is 2. The van der Waals surface area contributed by atoms with Gasteiger partial charge in [0.2, 0.25) is 5.91 Å². The molecule has 3 heteroatoms. The van der Waals surface area contributed by atoms with Crippen LogP contribution in [0.4, 0.5) is 0 Å². The van der Waals surface area contributed by atoms with Crippen molar-refractivity contribution in [1.82, 2.24) is 5.01 Å². The Bertz CT molecular complexity index is 301. The van der Waals surface area contributed by atoms with Crippen LogP contribution >= 0.6 is 0 Å². The summed E-state index contributed by atoms with van der Waals surface area (Å²) in [5, 5.41) is 6.33. The van der Waals surface area contributed by atoms with Crippen molar-refractivity contribution in [3.8, 4) is 0 Å². The van der Waals surface area contributed by atoms with Crippen LogP contribution in [0.2, 0.25) is 0 Å². The van der Waals surface area contributed by atoms with Crippen molar-refractivity contribution in [3.05, 3.63) is 0 Å². The first kappa shape index (κ1) is 9.37. The minimum Gasteiger partial charge on any atom is -0.273 e. The maximum Gasteiger partial charge on any atom is 0.248 e. The number of amides is 1. The molecule has 2 fully saturated rings. The monoisotopic (exact) mass is 206 g/mol. The van der Waals surface area contributed by atoms with Crippen LogP contribution in [0.3, 0.4) is 0 Å². The molecule has 2 aliphatic carbocycles. The molecule has 82 valence electrons. The van der Waals surface area contributed by atoms with Gasteiger partial charge in [-0.3, -0.25) is 4.79 Å². The van der Waals surface area contributed by atoms with E-state index in [-0.39, 0.29) is 5.91 Å². The van der Waals surface area contributed by atoms with Crippen molar-refractivity contribution < 1.29 is 4.79 Å². The molecule has 3 nitrogen and oxygen atoms in total. The Morgan fingerprint density at radius 2 is 1.93 bits per heavy atom. The van der Waals surface area contributed by atoms with Crippen molar-refractivity contribution >= 4 is 11.6 Å². The Labute approximate surface area is 90.5 Å². The lowest BCUT2D eigenvalue weighted by molar-refractivity contribution is -0.130. The predicted octanol–water partition coefficient (Wildman–Crippen LogP) is 2.32. The Hall–Kier alpha value is -0.860. The van der Waals surface area contributed by atoms with Crippen LogP contribution in [0.25, 0.3) is 0 Å². The second-order valence-corrected chi connectivity index (χ2v) is 5.17. The number of carbonyl (C=O) groups is 1. The van der Waals surface area contributed by atoms with Gasteiger partial charge in [-0.25, -0.2) is 5.01 Å². The summed E-state index contributed by atoms with van der Waals surface area (Å²) < 4.78 is 0. The van der Waals surface area contributed by atoms with Crippen molar-refractivity contribution in [2.75, 3.05) is 0 Å². The Morgan fingerprint density at radius 1 is 1.20 bits per heavy atom. The average Bonchev–Trinajstić information content (AvgIpc) is 2.76. The molecule has 0 N–H and O–H groups in total. The fraction of sp³-hybridized carbons (Fsp3) is 0.833. The van der Waals surface area contributed by atoms with Crippen LogP contribution in [0.5, 0.6) is 0 Å². The zero-order chi connectivity index (χ0) is 10.3. The molecule has 3 aliphatic rings. The highest BCUT2D eigenvalue weighted by molar-refractivity contribution is 6.05. The molecule has 1 heterocycles. The summed E-state index contributed by atoms with van der Waals surface area (Å²) in [4.78, 5) is 11.8. The number of carbonyl (C=O) groups excluding carboxylic acids is 1. The number of hydrogen-bond acceptors (Lipinski definition) is 2. The molecule has 1 amide bonds. The van der Waals surface area contributed by atoms with E-state index in [4.69, 9.17) is 0 Å². The molecule has 15 heavy (non-hydrogen) atoms. The summed E-state index contributed by atoms with van der Waals surface area (Å²) in [6.07, 6.45) is 9.22. The third kappa shape index (κ3) is 1.92. The van der Waals surface area contributed by atoms with Gasteiger partial charge in [-0.05, 0) is 38.0 Å². The molecule has 0 radical (unpaired) electrons. The third-order valence-corrected chi connectivity index (χ3v) is 3.75. The molecule has 0 aromatic rings. The van der Waals surface area contributed by atoms with E-state index in [2.05, 4.69) is 5.10 Å². The van der Waals surface area contributed by atoms with Gasteiger partial charge in [0, 0.05) is 5.71 Å². The molecule has 0 saturated heterocycles. The van der Waals surface area contributed by atoms with Gasteiger partial charge in [0.05, 0.1) is 12.5 Å². The minimum absolute atomic E-state index is 0.248. The first-order valence-electron chi connectivity index (χ1n) is 6.21. The van der Waals surface area contributed by atoms with E-state index < -0.39 is 0 Å². The van der Waals surface area contributed by atoms with Crippen LogP contribution < -0.4 is 0 Å². The summed E-state index contributed by atoms with van der Waals surface area (Å²) in [6.45, 7) is 0. The largest absolute Gasteiger partial charge is 0.273 e. The van der Waals surface area contributed by atoms with Gasteiger partial charge >= 0.3 is 0 Å². The smallest absolute Gasteiger partial charge is 0.248 e. The highest BCUT2D eigenvalue weighted by atomic mass is 16.2. The van der Waals surface area contributed by atoms with E-state index in [0.29, 0.717) is 12.5 Å². The maximum absolute atomic E-state index is 11.8. The molecular formula is C12H18N2O. The van der Waals surface area contributed by atoms with Crippen molar-refractivity contribution in [2.24, 2.45) is 11.0 Å². The summed E-state index contributed by atoms with van der Waals surface area (Å²) in [5.41, 5.74) is 1.15. The molecule has 0 bridgehead atoms. The van der Waals surface area contributed by atoms with Crippen LogP contribution in [0.15, 0.2) is 5.10 Å². The van der Waals surface area contributed by atoms with Gasteiger partial charge in [0.1, 0.15) is 0 Å². The predicted molar refractivity (Wildman–Crippen MR) is 58.5 cm³/mol. The molecule has 0 aromatic carbocycles. The van der Waals surface area contributed by atoms with E-state index >= 15 is 0 Å². The van der Waals surface area contributed by atoms with E-state index in [1.54, 1.807) is 5.01 Å². The van der Waals surface area contributed by atoms with Crippen LogP contribution in [0, 0.1) is 5.92 Å². The Morgan fingerprint density at radius 3 is 2.60 bits per heavy atom. The maximum atomic E-state index is 11.8. The molecule has 0 unspecified atom stereocenters. The molecule has 0 spiro atoms. The lowest BCUT2D eigenvalue weighted by Gasteiger charge is -2.18.